The minimum absolute atomic E-state index is 0.456. The summed E-state index contributed by atoms with van der Waals surface area (Å²) in [6.45, 7) is 7.02. The van der Waals surface area contributed by atoms with Crippen molar-refractivity contribution in [2.75, 3.05) is 0 Å². The van der Waals surface area contributed by atoms with Crippen LogP contribution in [0.5, 0.6) is 11.6 Å². The number of ether oxygens (including phenoxy) is 1. The third-order valence-electron chi connectivity index (χ3n) is 2.81. The molecule has 0 unspecified atom stereocenters. The zero-order valence-electron chi connectivity index (χ0n) is 12.0. The first-order valence-electron chi connectivity index (χ1n) is 6.67. The van der Waals surface area contributed by atoms with Crippen LogP contribution < -0.4 is 10.1 Å². The van der Waals surface area contributed by atoms with E-state index in [1.807, 2.05) is 43.5 Å². The van der Waals surface area contributed by atoms with Gasteiger partial charge in [-0.25, -0.2) is 4.98 Å². The second-order valence-corrected chi connectivity index (χ2v) is 5.48. The summed E-state index contributed by atoms with van der Waals surface area (Å²) in [5.74, 6) is 1.17. The van der Waals surface area contributed by atoms with E-state index in [4.69, 9.17) is 16.3 Å². The van der Waals surface area contributed by atoms with Crippen LogP contribution in [0, 0.1) is 6.92 Å². The average Bonchev–Trinajstić information content (AvgIpc) is 2.41. The van der Waals surface area contributed by atoms with Gasteiger partial charge in [-0.15, -0.1) is 0 Å². The first-order valence-corrected chi connectivity index (χ1v) is 7.04. The first-order chi connectivity index (χ1) is 9.54. The second kappa shape index (κ2) is 6.73. The molecule has 0 fully saturated rings. The van der Waals surface area contributed by atoms with Gasteiger partial charge >= 0.3 is 0 Å². The quantitative estimate of drug-likeness (QED) is 0.890. The molecule has 0 saturated carbocycles. The Hall–Kier alpha value is -1.58. The van der Waals surface area contributed by atoms with E-state index in [1.165, 1.54) is 0 Å². The van der Waals surface area contributed by atoms with Crippen LogP contribution >= 0.6 is 11.6 Å². The van der Waals surface area contributed by atoms with Crippen molar-refractivity contribution in [2.45, 2.75) is 33.4 Å². The number of halogens is 1. The van der Waals surface area contributed by atoms with Crippen molar-refractivity contribution in [3.63, 3.8) is 0 Å². The maximum atomic E-state index is 6.13. The summed E-state index contributed by atoms with van der Waals surface area (Å²) in [5, 5.41) is 3.94. The van der Waals surface area contributed by atoms with Crippen LogP contribution in [0.25, 0.3) is 0 Å². The summed E-state index contributed by atoms with van der Waals surface area (Å²) in [7, 11) is 0. The number of pyridine rings is 1. The lowest BCUT2D eigenvalue weighted by molar-refractivity contribution is 0.462. The summed E-state index contributed by atoms with van der Waals surface area (Å²) >= 11 is 6.13. The Kier molecular flexibility index (Phi) is 4.99. The zero-order chi connectivity index (χ0) is 14.5. The zero-order valence-corrected chi connectivity index (χ0v) is 12.7. The fraction of sp³-hybridized carbons (Fsp3) is 0.312. The van der Waals surface area contributed by atoms with Gasteiger partial charge in [0.25, 0.3) is 0 Å². The van der Waals surface area contributed by atoms with E-state index in [1.54, 1.807) is 0 Å². The molecule has 1 aromatic carbocycles. The van der Waals surface area contributed by atoms with Gasteiger partial charge in [-0.3, -0.25) is 0 Å². The molecule has 2 rings (SSSR count). The lowest BCUT2D eigenvalue weighted by Gasteiger charge is -2.09. The van der Waals surface area contributed by atoms with Crippen LogP contribution in [0.2, 0.25) is 5.02 Å². The van der Waals surface area contributed by atoms with Crippen molar-refractivity contribution in [3.05, 3.63) is 52.7 Å². The highest BCUT2D eigenvalue weighted by molar-refractivity contribution is 6.32. The molecule has 0 aliphatic rings. The molecule has 0 bridgehead atoms. The van der Waals surface area contributed by atoms with E-state index in [2.05, 4.69) is 24.1 Å². The molecule has 1 N–H and O–H groups in total. The average molecular weight is 291 g/mol. The third kappa shape index (κ3) is 4.22. The summed E-state index contributed by atoms with van der Waals surface area (Å²) < 4.78 is 5.68. The van der Waals surface area contributed by atoms with Gasteiger partial charge in [-0.1, -0.05) is 37.6 Å². The number of rotatable bonds is 5. The van der Waals surface area contributed by atoms with Gasteiger partial charge in [0.15, 0.2) is 0 Å². The normalized spacial score (nSPS) is 10.8. The topological polar surface area (TPSA) is 34.1 Å². The molecule has 4 heteroatoms. The van der Waals surface area contributed by atoms with Gasteiger partial charge in [0.05, 0.1) is 5.02 Å². The molecule has 0 atom stereocenters. The molecule has 0 aliphatic carbocycles. The van der Waals surface area contributed by atoms with E-state index in [0.29, 0.717) is 22.7 Å². The Morgan fingerprint density at radius 2 is 2.05 bits per heavy atom. The molecule has 106 valence electrons. The molecule has 0 saturated heterocycles. The molecule has 1 aromatic heterocycles. The Morgan fingerprint density at radius 3 is 2.65 bits per heavy atom. The third-order valence-corrected chi connectivity index (χ3v) is 3.11. The molecule has 0 spiro atoms. The number of hydrogen-bond donors (Lipinski definition) is 1. The predicted octanol–water partition coefficient (Wildman–Crippen LogP) is 4.33. The largest absolute Gasteiger partial charge is 0.437 e. The standard InChI is InChI=1S/C16H19ClN2O/c1-11(2)18-9-13-5-7-16(19-10-13)20-15-6-4-12(3)8-14(15)17/h4-8,10-11,18H,9H2,1-3H3. The minimum Gasteiger partial charge on any atom is -0.437 e. The highest BCUT2D eigenvalue weighted by atomic mass is 35.5. The Bertz CT molecular complexity index is 567. The highest BCUT2D eigenvalue weighted by Gasteiger charge is 2.04. The molecule has 3 nitrogen and oxygen atoms in total. The monoisotopic (exact) mass is 290 g/mol. The van der Waals surface area contributed by atoms with Crippen LogP contribution in [0.15, 0.2) is 36.5 Å². The smallest absolute Gasteiger partial charge is 0.219 e. The molecule has 0 radical (unpaired) electrons. The van der Waals surface area contributed by atoms with Gasteiger partial charge in [-0.05, 0) is 30.2 Å². The number of nitrogens with zero attached hydrogens (tertiary/aromatic N) is 1. The van der Waals surface area contributed by atoms with Crippen LogP contribution in [0.4, 0.5) is 0 Å². The number of aromatic nitrogens is 1. The van der Waals surface area contributed by atoms with Crippen molar-refractivity contribution in [1.82, 2.24) is 10.3 Å². The number of nitrogens with one attached hydrogen (secondary N) is 1. The van der Waals surface area contributed by atoms with Crippen LogP contribution in [0.1, 0.15) is 25.0 Å². The molecule has 1 heterocycles. The second-order valence-electron chi connectivity index (χ2n) is 5.08. The molecular formula is C16H19ClN2O. The van der Waals surface area contributed by atoms with E-state index >= 15 is 0 Å². The number of aryl methyl sites for hydroxylation is 1. The molecular weight excluding hydrogens is 272 g/mol. The summed E-state index contributed by atoms with van der Waals surface area (Å²) in [5.41, 5.74) is 2.23. The fourth-order valence-corrected chi connectivity index (χ4v) is 1.97. The Balaban J connectivity index is 2.03. The van der Waals surface area contributed by atoms with E-state index in [0.717, 1.165) is 17.7 Å². The molecule has 0 aliphatic heterocycles. The first kappa shape index (κ1) is 14.8. The van der Waals surface area contributed by atoms with Crippen molar-refractivity contribution >= 4 is 11.6 Å². The van der Waals surface area contributed by atoms with Crippen LogP contribution in [-0.4, -0.2) is 11.0 Å². The van der Waals surface area contributed by atoms with Crippen molar-refractivity contribution in [2.24, 2.45) is 0 Å². The molecule has 20 heavy (non-hydrogen) atoms. The van der Waals surface area contributed by atoms with Gasteiger partial charge in [-0.2, -0.15) is 0 Å². The van der Waals surface area contributed by atoms with Crippen LogP contribution in [-0.2, 0) is 6.54 Å². The lowest BCUT2D eigenvalue weighted by atomic mass is 10.2. The lowest BCUT2D eigenvalue weighted by Crippen LogP contribution is -2.21. The van der Waals surface area contributed by atoms with Crippen molar-refractivity contribution in [3.8, 4) is 11.6 Å². The summed E-state index contributed by atoms with van der Waals surface area (Å²) in [6, 6.07) is 10.00. The van der Waals surface area contributed by atoms with Gasteiger partial charge in [0, 0.05) is 24.8 Å². The highest BCUT2D eigenvalue weighted by Crippen LogP contribution is 2.29. The minimum atomic E-state index is 0.456. The predicted molar refractivity (Wildman–Crippen MR) is 82.5 cm³/mol. The maximum absolute atomic E-state index is 6.13. The SMILES string of the molecule is Cc1ccc(Oc2ccc(CNC(C)C)cn2)c(Cl)c1. The Morgan fingerprint density at radius 1 is 1.25 bits per heavy atom. The number of benzene rings is 1. The molecule has 2 aromatic rings. The number of hydrogen-bond acceptors (Lipinski definition) is 3. The van der Waals surface area contributed by atoms with Gasteiger partial charge in [0.2, 0.25) is 5.88 Å². The van der Waals surface area contributed by atoms with Crippen molar-refractivity contribution in [1.29, 1.82) is 0 Å². The molecule has 0 amide bonds. The van der Waals surface area contributed by atoms with Gasteiger partial charge < -0.3 is 10.1 Å². The Labute approximate surface area is 124 Å². The van der Waals surface area contributed by atoms with E-state index < -0.39 is 0 Å². The maximum Gasteiger partial charge on any atom is 0.219 e. The van der Waals surface area contributed by atoms with E-state index in [9.17, 15) is 0 Å². The van der Waals surface area contributed by atoms with Crippen molar-refractivity contribution < 1.29 is 4.74 Å². The van der Waals surface area contributed by atoms with E-state index in [-0.39, 0.29) is 0 Å². The summed E-state index contributed by atoms with van der Waals surface area (Å²) in [4.78, 5) is 4.29. The summed E-state index contributed by atoms with van der Waals surface area (Å²) in [6.07, 6.45) is 1.81. The van der Waals surface area contributed by atoms with Gasteiger partial charge in [0.1, 0.15) is 5.75 Å². The fourth-order valence-electron chi connectivity index (χ4n) is 1.70. The van der Waals surface area contributed by atoms with Crippen LogP contribution in [0.3, 0.4) is 0 Å².